The Hall–Kier alpha value is -0.163. The van der Waals surface area contributed by atoms with Crippen LogP contribution >= 0.6 is 0 Å². The van der Waals surface area contributed by atoms with E-state index in [0.717, 1.165) is 13.0 Å². The Kier molecular flexibility index (Phi) is 6.81. The Morgan fingerprint density at radius 3 is 2.07 bits per heavy atom. The van der Waals surface area contributed by atoms with Crippen molar-refractivity contribution in [3.8, 4) is 0 Å². The standard InChI is InChI=1S/C25H46O3Si/c1-17(2)29(18(3)4,19(5)6)26-16-21(8)22-11-10-20(7)23-12-13-24(9)14-15-25(22,23)28-27-24/h14-15,17-23H,10-13,16H2,1-9H3/t20-,21+,22+,23+,24-,25+/m1/s1. The average molecular weight is 423 g/mol. The summed E-state index contributed by atoms with van der Waals surface area (Å²) in [6.45, 7) is 22.1. The summed E-state index contributed by atoms with van der Waals surface area (Å²) in [7, 11) is -1.85. The van der Waals surface area contributed by atoms with Gasteiger partial charge in [-0.1, -0.05) is 67.5 Å². The van der Waals surface area contributed by atoms with E-state index in [2.05, 4.69) is 74.5 Å². The van der Waals surface area contributed by atoms with Crippen LogP contribution in [-0.2, 0) is 14.2 Å². The van der Waals surface area contributed by atoms with E-state index in [1.807, 2.05) is 0 Å². The van der Waals surface area contributed by atoms with Crippen molar-refractivity contribution in [3.63, 3.8) is 0 Å². The van der Waals surface area contributed by atoms with Gasteiger partial charge < -0.3 is 4.43 Å². The Morgan fingerprint density at radius 2 is 1.55 bits per heavy atom. The van der Waals surface area contributed by atoms with Crippen LogP contribution in [0.2, 0.25) is 16.6 Å². The van der Waals surface area contributed by atoms with E-state index in [1.54, 1.807) is 0 Å². The summed E-state index contributed by atoms with van der Waals surface area (Å²) in [6.07, 6.45) is 9.43. The van der Waals surface area contributed by atoms with Gasteiger partial charge in [-0.25, -0.2) is 9.78 Å². The molecule has 3 nitrogen and oxygen atoms in total. The van der Waals surface area contributed by atoms with E-state index >= 15 is 0 Å². The van der Waals surface area contributed by atoms with E-state index in [9.17, 15) is 0 Å². The third-order valence-electron chi connectivity index (χ3n) is 8.79. The molecule has 0 aromatic rings. The molecule has 2 fully saturated rings. The zero-order chi connectivity index (χ0) is 21.6. The summed E-state index contributed by atoms with van der Waals surface area (Å²) < 4.78 is 7.01. The van der Waals surface area contributed by atoms with Crippen LogP contribution in [0.1, 0.15) is 88.0 Å². The second kappa shape index (κ2) is 8.41. The Morgan fingerprint density at radius 1 is 0.931 bits per heavy atom. The van der Waals surface area contributed by atoms with Crippen molar-refractivity contribution in [2.75, 3.05) is 6.61 Å². The Balaban J connectivity index is 1.83. The van der Waals surface area contributed by atoms with E-state index in [1.165, 1.54) is 19.3 Å². The first-order valence-electron chi connectivity index (χ1n) is 12.2. The minimum absolute atomic E-state index is 0.248. The molecule has 0 aromatic carbocycles. The molecule has 0 aromatic heterocycles. The minimum atomic E-state index is -1.85. The highest BCUT2D eigenvalue weighted by molar-refractivity contribution is 6.77. The summed E-state index contributed by atoms with van der Waals surface area (Å²) in [4.78, 5) is 12.4. The number of hydrogen-bond acceptors (Lipinski definition) is 3. The van der Waals surface area contributed by atoms with E-state index < -0.39 is 8.32 Å². The lowest BCUT2D eigenvalue weighted by Crippen LogP contribution is -2.56. The second-order valence-corrected chi connectivity index (χ2v) is 17.0. The van der Waals surface area contributed by atoms with Gasteiger partial charge in [0.1, 0.15) is 11.2 Å². The van der Waals surface area contributed by atoms with Gasteiger partial charge >= 0.3 is 0 Å². The van der Waals surface area contributed by atoms with Crippen LogP contribution in [0.4, 0.5) is 0 Å². The van der Waals surface area contributed by atoms with Crippen LogP contribution < -0.4 is 0 Å². The largest absolute Gasteiger partial charge is 0.416 e. The highest BCUT2D eigenvalue weighted by Crippen LogP contribution is 2.55. The van der Waals surface area contributed by atoms with Gasteiger partial charge in [-0.05, 0) is 72.9 Å². The summed E-state index contributed by atoms with van der Waals surface area (Å²) in [5, 5.41) is 0. The maximum absolute atomic E-state index is 7.01. The molecule has 4 aliphatic rings. The van der Waals surface area contributed by atoms with Crippen molar-refractivity contribution >= 4 is 8.32 Å². The first-order chi connectivity index (χ1) is 13.5. The third-order valence-corrected chi connectivity index (χ3v) is 14.9. The quantitative estimate of drug-likeness (QED) is 0.245. The first kappa shape index (κ1) is 23.5. The zero-order valence-electron chi connectivity index (χ0n) is 20.5. The molecule has 0 amide bonds. The Labute approximate surface area is 181 Å². The first-order valence-corrected chi connectivity index (χ1v) is 14.3. The number of hydrogen-bond donors (Lipinski definition) is 0. The van der Waals surface area contributed by atoms with E-state index in [-0.39, 0.29) is 11.2 Å². The van der Waals surface area contributed by atoms with Crippen LogP contribution in [0.3, 0.4) is 0 Å². The molecule has 2 aliphatic carbocycles. The van der Waals surface area contributed by atoms with Gasteiger partial charge in [0.25, 0.3) is 0 Å². The molecule has 1 saturated heterocycles. The third kappa shape index (κ3) is 3.92. The molecule has 29 heavy (non-hydrogen) atoms. The van der Waals surface area contributed by atoms with Gasteiger partial charge in [0, 0.05) is 6.61 Å². The van der Waals surface area contributed by atoms with Crippen molar-refractivity contribution in [2.45, 2.75) is 116 Å². The fourth-order valence-electron chi connectivity index (χ4n) is 7.19. The number of rotatable bonds is 7. The molecule has 0 radical (unpaired) electrons. The molecule has 2 aliphatic heterocycles. The molecule has 0 unspecified atom stereocenters. The molecule has 1 spiro atoms. The molecular formula is C25H46O3Si. The van der Waals surface area contributed by atoms with Gasteiger partial charge in [-0.15, -0.1) is 0 Å². The lowest BCUT2D eigenvalue weighted by molar-refractivity contribution is -0.414. The summed E-state index contributed by atoms with van der Waals surface area (Å²) >= 11 is 0. The van der Waals surface area contributed by atoms with Crippen molar-refractivity contribution in [1.82, 2.24) is 0 Å². The van der Waals surface area contributed by atoms with Crippen molar-refractivity contribution < 1.29 is 14.2 Å². The maximum Gasteiger partial charge on any atom is 0.200 e. The molecule has 168 valence electrons. The molecule has 0 N–H and O–H groups in total. The van der Waals surface area contributed by atoms with Gasteiger partial charge in [-0.2, -0.15) is 0 Å². The van der Waals surface area contributed by atoms with Crippen LogP contribution in [-0.4, -0.2) is 26.1 Å². The predicted molar refractivity (Wildman–Crippen MR) is 123 cm³/mol. The fourth-order valence-corrected chi connectivity index (χ4v) is 12.7. The van der Waals surface area contributed by atoms with Crippen molar-refractivity contribution in [2.24, 2.45) is 23.7 Å². The Bertz CT molecular complexity index is 579. The molecule has 2 heterocycles. The minimum Gasteiger partial charge on any atom is -0.416 e. The smallest absolute Gasteiger partial charge is 0.200 e. The van der Waals surface area contributed by atoms with Gasteiger partial charge in [0.2, 0.25) is 0 Å². The molecule has 6 atom stereocenters. The SMILES string of the molecule is CC(C)[Si](OC[C@H](C)[C@@H]1CC[C@@H](C)[C@@H]2CC[C@]3(C)C=C[C@@]21OO3)(C(C)C)C(C)C. The van der Waals surface area contributed by atoms with Gasteiger partial charge in [0.15, 0.2) is 8.32 Å². The number of fused-ring (bicyclic) bond motifs is 2. The fraction of sp³-hybridized carbons (Fsp3) is 0.920. The summed E-state index contributed by atoms with van der Waals surface area (Å²) in [5.41, 5.74) is 1.36. The molecule has 1 saturated carbocycles. The summed E-state index contributed by atoms with van der Waals surface area (Å²) in [5.74, 6) is 2.15. The van der Waals surface area contributed by atoms with Crippen molar-refractivity contribution in [3.05, 3.63) is 12.2 Å². The van der Waals surface area contributed by atoms with Crippen LogP contribution in [0.5, 0.6) is 0 Å². The lowest BCUT2D eigenvalue weighted by Gasteiger charge is -2.52. The highest BCUT2D eigenvalue weighted by Gasteiger charge is 2.57. The predicted octanol–water partition coefficient (Wildman–Crippen LogP) is 7.29. The zero-order valence-corrected chi connectivity index (χ0v) is 21.5. The topological polar surface area (TPSA) is 27.7 Å². The molecule has 2 bridgehead atoms. The normalized spacial score (nSPS) is 38.6. The van der Waals surface area contributed by atoms with Gasteiger partial charge in [0.05, 0.1) is 0 Å². The lowest BCUT2D eigenvalue weighted by atomic mass is 9.60. The monoisotopic (exact) mass is 422 g/mol. The molecular weight excluding hydrogens is 376 g/mol. The van der Waals surface area contributed by atoms with Crippen LogP contribution in [0.25, 0.3) is 0 Å². The van der Waals surface area contributed by atoms with Crippen molar-refractivity contribution in [1.29, 1.82) is 0 Å². The van der Waals surface area contributed by atoms with Gasteiger partial charge in [-0.3, -0.25) is 0 Å². The van der Waals surface area contributed by atoms with Crippen LogP contribution in [0.15, 0.2) is 12.2 Å². The molecule has 4 heteroatoms. The second-order valence-electron chi connectivity index (χ2n) is 11.6. The maximum atomic E-state index is 7.01. The van der Waals surface area contributed by atoms with Crippen LogP contribution in [0, 0.1) is 23.7 Å². The van der Waals surface area contributed by atoms with E-state index in [4.69, 9.17) is 14.2 Å². The average Bonchev–Trinajstić information content (AvgIpc) is 2.88. The summed E-state index contributed by atoms with van der Waals surface area (Å²) in [6, 6.07) is 0. The van der Waals surface area contributed by atoms with E-state index in [0.29, 0.717) is 40.3 Å². The highest BCUT2D eigenvalue weighted by atomic mass is 28.4. The molecule has 4 rings (SSSR count).